The Hall–Kier alpha value is -2.42. The molecule has 1 aromatic heterocycles. The van der Waals surface area contributed by atoms with Crippen LogP contribution in [0.4, 0.5) is 13.2 Å². The quantitative estimate of drug-likeness (QED) is 0.878. The molecular weight excluding hydrogens is 349 g/mol. The molecule has 1 saturated heterocycles. The minimum Gasteiger partial charge on any atom is -0.346 e. The lowest BCUT2D eigenvalue weighted by Gasteiger charge is -2.30. The third-order valence-corrected chi connectivity index (χ3v) is 4.54. The van der Waals surface area contributed by atoms with E-state index in [1.54, 1.807) is 11.8 Å². The molecule has 0 radical (unpaired) electrons. The number of carbonyl (C=O) groups excluding carboxylic acids is 1. The van der Waals surface area contributed by atoms with Crippen molar-refractivity contribution in [3.05, 3.63) is 47.6 Å². The maximum Gasteiger partial charge on any atom is 0.404 e. The molecule has 0 aliphatic carbocycles. The first kappa shape index (κ1) is 18.4. The van der Waals surface area contributed by atoms with Crippen molar-refractivity contribution in [3.63, 3.8) is 0 Å². The van der Waals surface area contributed by atoms with Crippen LogP contribution >= 0.6 is 0 Å². The first-order chi connectivity index (χ1) is 12.3. The molecule has 0 bridgehead atoms. The van der Waals surface area contributed by atoms with Crippen molar-refractivity contribution in [1.29, 1.82) is 0 Å². The number of aryl methyl sites for hydroxylation is 1. The predicted molar refractivity (Wildman–Crippen MR) is 85.7 cm³/mol. The van der Waals surface area contributed by atoms with Gasteiger partial charge in [0.2, 0.25) is 11.8 Å². The number of aromatic nitrogens is 2. The fourth-order valence-corrected chi connectivity index (χ4v) is 3.15. The van der Waals surface area contributed by atoms with Crippen LogP contribution in [0.1, 0.15) is 23.7 Å². The summed E-state index contributed by atoms with van der Waals surface area (Å²) in [6.45, 7) is 1.55. The van der Waals surface area contributed by atoms with Crippen molar-refractivity contribution in [2.75, 3.05) is 13.1 Å². The van der Waals surface area contributed by atoms with E-state index in [1.165, 1.54) is 0 Å². The van der Waals surface area contributed by atoms with E-state index in [-0.39, 0.29) is 31.9 Å². The number of hydrogen-bond donors (Lipinski definition) is 1. The lowest BCUT2D eigenvalue weighted by atomic mass is 9.85. The molecule has 26 heavy (non-hydrogen) atoms. The Balaban J connectivity index is 1.70. The van der Waals surface area contributed by atoms with Crippen molar-refractivity contribution in [2.45, 2.75) is 32.6 Å². The summed E-state index contributed by atoms with van der Waals surface area (Å²) in [4.78, 5) is 18.0. The number of nitrogens with one attached hydrogen (secondary N) is 1. The minimum atomic E-state index is -4.65. The Morgan fingerprint density at radius 3 is 2.69 bits per heavy atom. The molecule has 1 aliphatic heterocycles. The average Bonchev–Trinajstić information content (AvgIpc) is 3.20. The average molecular weight is 368 g/mol. The first-order valence-electron chi connectivity index (χ1n) is 8.21. The highest BCUT2D eigenvalue weighted by Crippen LogP contribution is 2.46. The highest BCUT2D eigenvalue weighted by molar-refractivity contribution is 5.84. The second-order valence-corrected chi connectivity index (χ2v) is 6.44. The Kier molecular flexibility index (Phi) is 4.99. The van der Waals surface area contributed by atoms with Crippen LogP contribution in [0.25, 0.3) is 0 Å². The Bertz CT molecular complexity index is 763. The predicted octanol–water partition coefficient (Wildman–Crippen LogP) is 2.45. The molecule has 6 nitrogen and oxygen atoms in total. The normalized spacial score (nSPS) is 21.1. The van der Waals surface area contributed by atoms with Gasteiger partial charge >= 0.3 is 6.18 Å². The van der Waals surface area contributed by atoms with Gasteiger partial charge in [-0.05, 0) is 25.5 Å². The second-order valence-electron chi connectivity index (χ2n) is 6.44. The van der Waals surface area contributed by atoms with Gasteiger partial charge in [0.05, 0.1) is 6.54 Å². The molecule has 1 amide bonds. The van der Waals surface area contributed by atoms with E-state index in [1.807, 2.05) is 30.3 Å². The summed E-state index contributed by atoms with van der Waals surface area (Å²) in [6, 6.07) is 9.22. The van der Waals surface area contributed by atoms with Crippen LogP contribution in [0.2, 0.25) is 0 Å². The number of benzene rings is 1. The summed E-state index contributed by atoms with van der Waals surface area (Å²) in [6.07, 6.45) is -4.93. The fourth-order valence-electron chi connectivity index (χ4n) is 3.15. The molecule has 1 atom stereocenters. The van der Waals surface area contributed by atoms with Crippen LogP contribution in [0.15, 0.2) is 34.9 Å². The van der Waals surface area contributed by atoms with Crippen molar-refractivity contribution in [2.24, 2.45) is 5.41 Å². The lowest BCUT2D eigenvalue weighted by Crippen LogP contribution is -2.52. The van der Waals surface area contributed by atoms with E-state index in [0.717, 1.165) is 5.56 Å². The van der Waals surface area contributed by atoms with E-state index < -0.39 is 17.5 Å². The summed E-state index contributed by atoms with van der Waals surface area (Å²) in [5.41, 5.74) is -1.52. The van der Waals surface area contributed by atoms with E-state index in [4.69, 9.17) is 4.52 Å². The zero-order valence-corrected chi connectivity index (χ0v) is 14.2. The molecule has 0 spiro atoms. The second kappa shape index (κ2) is 7.06. The van der Waals surface area contributed by atoms with Gasteiger partial charge in [-0.3, -0.25) is 9.69 Å². The van der Waals surface area contributed by atoms with Crippen LogP contribution in [0, 0.1) is 12.3 Å². The molecule has 140 valence electrons. The van der Waals surface area contributed by atoms with Crippen LogP contribution in [0.3, 0.4) is 0 Å². The zero-order valence-electron chi connectivity index (χ0n) is 14.2. The standard InChI is InChI=1S/C17H19F3N4O2/c1-12-22-14(26-23-12)9-21-15(25)16(17(18,19)20)7-8-24(11-16)10-13-5-3-2-4-6-13/h2-6H,7-11H2,1H3,(H,21,25). The molecule has 1 aromatic carbocycles. The molecule has 1 aliphatic rings. The highest BCUT2D eigenvalue weighted by atomic mass is 19.4. The first-order valence-corrected chi connectivity index (χ1v) is 8.21. The monoisotopic (exact) mass is 368 g/mol. The summed E-state index contributed by atoms with van der Waals surface area (Å²) in [5.74, 6) is -0.626. The maximum absolute atomic E-state index is 13.8. The van der Waals surface area contributed by atoms with Crippen molar-refractivity contribution >= 4 is 5.91 Å². The number of likely N-dealkylation sites (tertiary alicyclic amines) is 1. The molecule has 2 heterocycles. The molecule has 1 N–H and O–H groups in total. The number of rotatable bonds is 5. The molecule has 0 saturated carbocycles. The van der Waals surface area contributed by atoms with E-state index in [0.29, 0.717) is 12.4 Å². The van der Waals surface area contributed by atoms with E-state index in [9.17, 15) is 18.0 Å². The van der Waals surface area contributed by atoms with Crippen molar-refractivity contribution in [1.82, 2.24) is 20.4 Å². The van der Waals surface area contributed by atoms with E-state index in [2.05, 4.69) is 15.5 Å². The molecule has 2 aromatic rings. The largest absolute Gasteiger partial charge is 0.404 e. The minimum absolute atomic E-state index is 0.0762. The summed E-state index contributed by atoms with van der Waals surface area (Å²) in [7, 11) is 0. The van der Waals surface area contributed by atoms with E-state index >= 15 is 0 Å². The number of amides is 1. The van der Waals surface area contributed by atoms with Gasteiger partial charge in [0.15, 0.2) is 11.2 Å². The summed E-state index contributed by atoms with van der Waals surface area (Å²) < 4.78 is 46.1. The van der Waals surface area contributed by atoms with Gasteiger partial charge in [0.1, 0.15) is 0 Å². The van der Waals surface area contributed by atoms with Gasteiger partial charge in [-0.15, -0.1) is 0 Å². The van der Waals surface area contributed by atoms with Gasteiger partial charge in [0.25, 0.3) is 0 Å². The number of carbonyl (C=O) groups is 1. The third-order valence-electron chi connectivity index (χ3n) is 4.54. The van der Waals surface area contributed by atoms with Crippen molar-refractivity contribution in [3.8, 4) is 0 Å². The van der Waals surface area contributed by atoms with Crippen LogP contribution in [-0.2, 0) is 17.9 Å². The molecule has 1 fully saturated rings. The Morgan fingerprint density at radius 2 is 2.08 bits per heavy atom. The van der Waals surface area contributed by atoms with Crippen LogP contribution < -0.4 is 5.32 Å². The maximum atomic E-state index is 13.8. The highest BCUT2D eigenvalue weighted by Gasteiger charge is 2.62. The number of hydrogen-bond acceptors (Lipinski definition) is 5. The summed E-state index contributed by atoms with van der Waals surface area (Å²) >= 11 is 0. The van der Waals surface area contributed by atoms with Gasteiger partial charge in [-0.25, -0.2) is 0 Å². The van der Waals surface area contributed by atoms with Crippen LogP contribution in [-0.4, -0.2) is 40.2 Å². The zero-order chi connectivity index (χ0) is 18.8. The van der Waals surface area contributed by atoms with Crippen LogP contribution in [0.5, 0.6) is 0 Å². The van der Waals surface area contributed by atoms with Gasteiger partial charge < -0.3 is 9.84 Å². The number of halogens is 3. The SMILES string of the molecule is Cc1noc(CNC(=O)C2(C(F)(F)F)CCN(Cc3ccccc3)C2)n1. The Labute approximate surface area is 148 Å². The van der Waals surface area contributed by atoms with Gasteiger partial charge in [-0.2, -0.15) is 18.2 Å². The smallest absolute Gasteiger partial charge is 0.346 e. The Morgan fingerprint density at radius 1 is 1.35 bits per heavy atom. The lowest BCUT2D eigenvalue weighted by molar-refractivity contribution is -0.218. The topological polar surface area (TPSA) is 71.3 Å². The van der Waals surface area contributed by atoms with Gasteiger partial charge in [-0.1, -0.05) is 35.5 Å². The molecular formula is C17H19F3N4O2. The van der Waals surface area contributed by atoms with Crippen molar-refractivity contribution < 1.29 is 22.5 Å². The molecule has 1 unspecified atom stereocenters. The summed E-state index contributed by atoms with van der Waals surface area (Å²) in [5, 5.41) is 5.85. The molecule has 3 rings (SSSR count). The number of alkyl halides is 3. The third kappa shape index (κ3) is 3.72. The fraction of sp³-hybridized carbons (Fsp3) is 0.471. The molecule has 9 heteroatoms. The number of nitrogens with zero attached hydrogens (tertiary/aromatic N) is 3. The van der Waals surface area contributed by atoms with Gasteiger partial charge in [0, 0.05) is 13.1 Å².